The van der Waals surface area contributed by atoms with Crippen LogP contribution in [0.2, 0.25) is 0 Å². The molecule has 3 aliphatic rings. The average Bonchev–Trinajstić information content (AvgIpc) is 3.01. The van der Waals surface area contributed by atoms with Crippen LogP contribution in [-0.4, -0.2) is 65.9 Å². The summed E-state index contributed by atoms with van der Waals surface area (Å²) in [6.07, 6.45) is 4.62. The van der Waals surface area contributed by atoms with Gasteiger partial charge in [0.05, 0.1) is 0 Å². The summed E-state index contributed by atoms with van der Waals surface area (Å²) < 4.78 is 0. The molecule has 1 saturated carbocycles. The number of carbonyl (C=O) groups is 3. The number of benzene rings is 1. The van der Waals surface area contributed by atoms with Crippen molar-refractivity contribution in [3.05, 3.63) is 29.8 Å². The molecule has 0 bridgehead atoms. The monoisotopic (exact) mass is 412 g/mol. The smallest absolute Gasteiger partial charge is 0.325 e. The van der Waals surface area contributed by atoms with Gasteiger partial charge in [-0.1, -0.05) is 38.8 Å². The Labute approximate surface area is 178 Å². The summed E-state index contributed by atoms with van der Waals surface area (Å²) in [7, 11) is 0. The van der Waals surface area contributed by atoms with E-state index >= 15 is 0 Å². The molecule has 2 saturated heterocycles. The Morgan fingerprint density at radius 2 is 1.80 bits per heavy atom. The Kier molecular flexibility index (Phi) is 5.71. The van der Waals surface area contributed by atoms with E-state index in [1.165, 1.54) is 11.3 Å². The number of imide groups is 1. The Bertz CT molecular complexity index is 816. The number of hydrogen-bond acceptors (Lipinski definition) is 4. The minimum absolute atomic E-state index is 0.102. The summed E-state index contributed by atoms with van der Waals surface area (Å²) in [4.78, 5) is 43.6. The van der Waals surface area contributed by atoms with Crippen molar-refractivity contribution in [1.82, 2.24) is 15.1 Å². The van der Waals surface area contributed by atoms with Gasteiger partial charge in [0.25, 0.3) is 5.91 Å². The molecule has 162 valence electrons. The summed E-state index contributed by atoms with van der Waals surface area (Å²) in [5.41, 5.74) is 1.67. The van der Waals surface area contributed by atoms with Crippen LogP contribution < -0.4 is 10.2 Å². The van der Waals surface area contributed by atoms with Gasteiger partial charge in [0.15, 0.2) is 0 Å². The molecule has 30 heavy (non-hydrogen) atoms. The number of urea groups is 1. The third kappa shape index (κ3) is 3.66. The number of piperazine rings is 1. The molecule has 4 amide bonds. The number of nitrogens with zero attached hydrogens (tertiary/aromatic N) is 3. The molecule has 1 aromatic rings. The zero-order valence-corrected chi connectivity index (χ0v) is 18.0. The van der Waals surface area contributed by atoms with Gasteiger partial charge in [-0.05, 0) is 42.9 Å². The second kappa shape index (κ2) is 8.28. The number of aryl methyl sites for hydroxylation is 1. The highest BCUT2D eigenvalue weighted by Crippen LogP contribution is 2.38. The Hall–Kier alpha value is -2.57. The van der Waals surface area contributed by atoms with Gasteiger partial charge in [-0.3, -0.25) is 14.5 Å². The second-order valence-electron chi connectivity index (χ2n) is 8.83. The summed E-state index contributed by atoms with van der Waals surface area (Å²) in [6.45, 7) is 6.69. The van der Waals surface area contributed by atoms with Crippen LogP contribution in [0.5, 0.6) is 0 Å². The highest BCUT2D eigenvalue weighted by molar-refractivity contribution is 6.09. The molecular weight excluding hydrogens is 380 g/mol. The number of anilines is 1. The molecular formula is C23H32N4O3. The number of hydrogen-bond donors (Lipinski definition) is 1. The topological polar surface area (TPSA) is 73.0 Å². The third-order valence-corrected chi connectivity index (χ3v) is 7.14. The average molecular weight is 413 g/mol. The Balaban J connectivity index is 1.34. The highest BCUT2D eigenvalue weighted by Gasteiger charge is 2.55. The molecule has 1 aromatic carbocycles. The van der Waals surface area contributed by atoms with Crippen LogP contribution in [0.1, 0.15) is 45.1 Å². The number of carbonyl (C=O) groups excluding carboxylic acids is 3. The molecule has 0 unspecified atom stereocenters. The second-order valence-corrected chi connectivity index (χ2v) is 8.83. The van der Waals surface area contributed by atoms with Crippen molar-refractivity contribution in [3.8, 4) is 0 Å². The molecule has 1 spiro atoms. The van der Waals surface area contributed by atoms with Crippen LogP contribution in [0.15, 0.2) is 24.3 Å². The summed E-state index contributed by atoms with van der Waals surface area (Å²) in [5, 5.41) is 2.92. The van der Waals surface area contributed by atoms with Crippen molar-refractivity contribution in [2.45, 2.75) is 51.5 Å². The first-order chi connectivity index (χ1) is 14.4. The SMILES string of the molecule is CCc1ccc(N2CCN(C(=O)CN3C(=O)N[C@@]4(CCCC[C@@H]4C)C3=O)CC2)cc1. The van der Waals surface area contributed by atoms with Crippen molar-refractivity contribution >= 4 is 23.5 Å². The van der Waals surface area contributed by atoms with E-state index in [9.17, 15) is 14.4 Å². The van der Waals surface area contributed by atoms with E-state index in [0.717, 1.165) is 43.7 Å². The summed E-state index contributed by atoms with van der Waals surface area (Å²) in [6, 6.07) is 8.14. The van der Waals surface area contributed by atoms with Gasteiger partial charge in [-0.2, -0.15) is 0 Å². The molecule has 3 fully saturated rings. The first-order valence-electron chi connectivity index (χ1n) is 11.2. The van der Waals surface area contributed by atoms with Gasteiger partial charge in [-0.15, -0.1) is 0 Å². The third-order valence-electron chi connectivity index (χ3n) is 7.14. The van der Waals surface area contributed by atoms with E-state index < -0.39 is 11.6 Å². The fourth-order valence-corrected chi connectivity index (χ4v) is 5.03. The van der Waals surface area contributed by atoms with Gasteiger partial charge in [0.2, 0.25) is 5.91 Å². The maximum absolute atomic E-state index is 13.1. The standard InChI is InChI=1S/C23H32N4O3/c1-3-18-7-9-19(10-8-18)25-12-14-26(15-13-25)20(28)16-27-21(29)23(24-22(27)30)11-5-4-6-17(23)2/h7-10,17H,3-6,11-16H2,1-2H3,(H,24,30)/t17-,23+/m0/s1. The van der Waals surface area contributed by atoms with Crippen molar-refractivity contribution in [3.63, 3.8) is 0 Å². The van der Waals surface area contributed by atoms with Gasteiger partial charge < -0.3 is 15.1 Å². The van der Waals surface area contributed by atoms with E-state index in [1.54, 1.807) is 4.90 Å². The maximum atomic E-state index is 13.1. The number of amides is 4. The predicted octanol–water partition coefficient (Wildman–Crippen LogP) is 2.40. The molecule has 2 heterocycles. The van der Waals surface area contributed by atoms with Crippen LogP contribution >= 0.6 is 0 Å². The molecule has 1 aliphatic carbocycles. The van der Waals surface area contributed by atoms with E-state index in [2.05, 4.69) is 41.4 Å². The summed E-state index contributed by atoms with van der Waals surface area (Å²) >= 11 is 0. The van der Waals surface area contributed by atoms with Crippen LogP contribution in [-0.2, 0) is 16.0 Å². The quantitative estimate of drug-likeness (QED) is 0.771. The van der Waals surface area contributed by atoms with Crippen molar-refractivity contribution in [2.24, 2.45) is 5.92 Å². The molecule has 7 nitrogen and oxygen atoms in total. The lowest BCUT2D eigenvalue weighted by molar-refractivity contribution is -0.140. The summed E-state index contributed by atoms with van der Waals surface area (Å²) in [5.74, 6) is -0.270. The molecule has 0 radical (unpaired) electrons. The van der Waals surface area contributed by atoms with Crippen LogP contribution in [0.4, 0.5) is 10.5 Å². The van der Waals surface area contributed by atoms with Crippen molar-refractivity contribution in [2.75, 3.05) is 37.6 Å². The maximum Gasteiger partial charge on any atom is 0.325 e. The number of nitrogens with one attached hydrogen (secondary N) is 1. The predicted molar refractivity (Wildman–Crippen MR) is 115 cm³/mol. The molecule has 7 heteroatoms. The molecule has 2 aliphatic heterocycles. The number of rotatable bonds is 4. The minimum Gasteiger partial charge on any atom is -0.368 e. The lowest BCUT2D eigenvalue weighted by atomic mass is 9.73. The molecule has 1 N–H and O–H groups in total. The lowest BCUT2D eigenvalue weighted by Gasteiger charge is -2.37. The van der Waals surface area contributed by atoms with Crippen molar-refractivity contribution in [1.29, 1.82) is 0 Å². The lowest BCUT2D eigenvalue weighted by Crippen LogP contribution is -2.55. The Morgan fingerprint density at radius 3 is 2.43 bits per heavy atom. The first-order valence-corrected chi connectivity index (χ1v) is 11.2. The highest BCUT2D eigenvalue weighted by atomic mass is 16.2. The van der Waals surface area contributed by atoms with Crippen molar-refractivity contribution < 1.29 is 14.4 Å². The molecule has 0 aromatic heterocycles. The molecule has 4 rings (SSSR count). The van der Waals surface area contributed by atoms with Gasteiger partial charge in [0.1, 0.15) is 12.1 Å². The Morgan fingerprint density at radius 1 is 1.10 bits per heavy atom. The van der Waals surface area contributed by atoms with Crippen LogP contribution in [0.3, 0.4) is 0 Å². The van der Waals surface area contributed by atoms with Gasteiger partial charge >= 0.3 is 6.03 Å². The normalized spacial score (nSPS) is 27.0. The van der Waals surface area contributed by atoms with Crippen LogP contribution in [0.25, 0.3) is 0 Å². The first kappa shape index (κ1) is 20.7. The van der Waals surface area contributed by atoms with E-state index in [-0.39, 0.29) is 24.3 Å². The van der Waals surface area contributed by atoms with E-state index in [4.69, 9.17) is 0 Å². The molecule has 2 atom stereocenters. The fourth-order valence-electron chi connectivity index (χ4n) is 5.03. The minimum atomic E-state index is -0.807. The van der Waals surface area contributed by atoms with E-state index in [0.29, 0.717) is 19.5 Å². The van der Waals surface area contributed by atoms with Crippen LogP contribution in [0, 0.1) is 5.92 Å². The zero-order valence-electron chi connectivity index (χ0n) is 18.0. The van der Waals surface area contributed by atoms with E-state index in [1.807, 2.05) is 6.92 Å². The van der Waals surface area contributed by atoms with Gasteiger partial charge in [-0.25, -0.2) is 4.79 Å². The zero-order chi connectivity index (χ0) is 21.3. The fraction of sp³-hybridized carbons (Fsp3) is 0.609. The van der Waals surface area contributed by atoms with Gasteiger partial charge in [0, 0.05) is 31.9 Å². The largest absolute Gasteiger partial charge is 0.368 e.